The predicted molar refractivity (Wildman–Crippen MR) is 72.9 cm³/mol. The zero-order chi connectivity index (χ0) is 14.7. The number of nitrogens with one attached hydrogen (secondary N) is 1. The van der Waals surface area contributed by atoms with E-state index in [1.54, 1.807) is 6.07 Å². The molecule has 1 amide bonds. The summed E-state index contributed by atoms with van der Waals surface area (Å²) in [6, 6.07) is 5.93. The highest BCUT2D eigenvalue weighted by molar-refractivity contribution is 9.10. The number of carbonyl (C=O) groups is 1. The maximum atomic E-state index is 13.0. The minimum absolute atomic E-state index is 0.225. The third-order valence-corrected chi connectivity index (χ3v) is 2.86. The zero-order valence-electron chi connectivity index (χ0n) is 9.84. The number of nitro groups is 1. The predicted octanol–water partition coefficient (Wildman–Crippen LogP) is 3.14. The van der Waals surface area contributed by atoms with Crippen molar-refractivity contribution in [2.75, 3.05) is 5.32 Å². The molecule has 0 saturated carbocycles. The normalized spacial score (nSPS) is 10.1. The molecule has 2 rings (SSSR count). The van der Waals surface area contributed by atoms with Crippen LogP contribution in [0.15, 0.2) is 41.0 Å². The highest BCUT2D eigenvalue weighted by Crippen LogP contribution is 2.21. The number of hydrogen-bond acceptors (Lipinski definition) is 4. The topological polar surface area (TPSA) is 85.1 Å². The molecule has 0 atom stereocenters. The molecule has 0 aliphatic carbocycles. The molecule has 0 fully saturated rings. The number of amides is 1. The van der Waals surface area contributed by atoms with Gasteiger partial charge in [0.2, 0.25) is 0 Å². The van der Waals surface area contributed by atoms with Crippen LogP contribution in [0.1, 0.15) is 10.4 Å². The van der Waals surface area contributed by atoms with Gasteiger partial charge in [0.05, 0.1) is 11.0 Å². The van der Waals surface area contributed by atoms with Crippen LogP contribution in [-0.2, 0) is 0 Å². The molecule has 6 nitrogen and oxygen atoms in total. The first-order valence-electron chi connectivity index (χ1n) is 5.34. The van der Waals surface area contributed by atoms with Crippen molar-refractivity contribution in [1.29, 1.82) is 0 Å². The number of benzene rings is 1. The van der Waals surface area contributed by atoms with Crippen molar-refractivity contribution in [2.45, 2.75) is 0 Å². The van der Waals surface area contributed by atoms with Gasteiger partial charge < -0.3 is 5.32 Å². The van der Waals surface area contributed by atoms with Crippen LogP contribution < -0.4 is 5.32 Å². The van der Waals surface area contributed by atoms with Gasteiger partial charge in [0.15, 0.2) is 0 Å². The average molecular weight is 340 g/mol. The van der Waals surface area contributed by atoms with E-state index in [0.717, 1.165) is 12.1 Å². The molecule has 1 aromatic heterocycles. The Hall–Kier alpha value is -2.35. The summed E-state index contributed by atoms with van der Waals surface area (Å²) in [5, 5.41) is 13.2. The lowest BCUT2D eigenvalue weighted by Crippen LogP contribution is -2.15. The summed E-state index contributed by atoms with van der Waals surface area (Å²) in [5.74, 6) is -1.29. The van der Waals surface area contributed by atoms with Crippen molar-refractivity contribution >= 4 is 33.3 Å². The van der Waals surface area contributed by atoms with Crippen LogP contribution in [0.2, 0.25) is 0 Å². The van der Waals surface area contributed by atoms with Gasteiger partial charge in [-0.15, -0.1) is 0 Å². The Morgan fingerprint density at radius 2 is 2.10 bits per heavy atom. The molecule has 0 saturated heterocycles. The fraction of sp³-hybridized carbons (Fsp3) is 0. The summed E-state index contributed by atoms with van der Waals surface area (Å²) >= 11 is 3.21. The maximum Gasteiger partial charge on any atom is 0.285 e. The molecule has 1 aromatic carbocycles. The van der Waals surface area contributed by atoms with Gasteiger partial charge in [0.25, 0.3) is 11.6 Å². The molecule has 102 valence electrons. The SMILES string of the molecule is O=C(Nc1cc(Br)ccn1)c1ccc(F)cc1[N+](=O)[O-]. The van der Waals surface area contributed by atoms with Crippen molar-refractivity contribution in [3.05, 3.63) is 62.5 Å². The summed E-state index contributed by atoms with van der Waals surface area (Å²) < 4.78 is 13.7. The Morgan fingerprint density at radius 1 is 1.35 bits per heavy atom. The van der Waals surface area contributed by atoms with Crippen molar-refractivity contribution in [1.82, 2.24) is 4.98 Å². The minimum atomic E-state index is -0.813. The summed E-state index contributed by atoms with van der Waals surface area (Å²) in [5.41, 5.74) is -0.837. The van der Waals surface area contributed by atoms with Gasteiger partial charge in [-0.05, 0) is 24.3 Å². The first kappa shape index (κ1) is 14.1. The summed E-state index contributed by atoms with van der Waals surface area (Å²) in [4.78, 5) is 25.9. The quantitative estimate of drug-likeness (QED) is 0.687. The number of aromatic nitrogens is 1. The molecular formula is C12H7BrFN3O3. The molecular weight excluding hydrogens is 333 g/mol. The molecule has 0 unspecified atom stereocenters. The van der Waals surface area contributed by atoms with E-state index in [1.165, 1.54) is 12.3 Å². The van der Waals surface area contributed by atoms with Crippen LogP contribution in [0, 0.1) is 15.9 Å². The van der Waals surface area contributed by atoms with Crippen LogP contribution in [0.25, 0.3) is 0 Å². The molecule has 0 spiro atoms. The summed E-state index contributed by atoms with van der Waals surface area (Å²) in [7, 11) is 0. The number of hydrogen-bond donors (Lipinski definition) is 1. The Kier molecular flexibility index (Phi) is 4.04. The van der Waals surface area contributed by atoms with Gasteiger partial charge in [-0.1, -0.05) is 15.9 Å². The number of anilines is 1. The van der Waals surface area contributed by atoms with E-state index in [0.29, 0.717) is 10.5 Å². The van der Waals surface area contributed by atoms with Crippen molar-refractivity contribution < 1.29 is 14.1 Å². The van der Waals surface area contributed by atoms with Gasteiger partial charge in [-0.25, -0.2) is 9.37 Å². The number of rotatable bonds is 3. The number of pyridine rings is 1. The second kappa shape index (κ2) is 5.74. The van der Waals surface area contributed by atoms with Crippen molar-refractivity contribution in [3.63, 3.8) is 0 Å². The van der Waals surface area contributed by atoms with Gasteiger partial charge in [-0.2, -0.15) is 0 Å². The lowest BCUT2D eigenvalue weighted by atomic mass is 10.1. The lowest BCUT2D eigenvalue weighted by molar-refractivity contribution is -0.385. The maximum absolute atomic E-state index is 13.0. The van der Waals surface area contributed by atoms with Gasteiger partial charge >= 0.3 is 0 Å². The molecule has 0 radical (unpaired) electrons. The van der Waals surface area contributed by atoms with Crippen LogP contribution in [0.5, 0.6) is 0 Å². The van der Waals surface area contributed by atoms with Crippen molar-refractivity contribution in [2.24, 2.45) is 0 Å². The number of carbonyl (C=O) groups excluding carboxylic acids is 1. The second-order valence-electron chi connectivity index (χ2n) is 3.73. The van der Waals surface area contributed by atoms with E-state index in [-0.39, 0.29) is 11.4 Å². The largest absolute Gasteiger partial charge is 0.306 e. The number of halogens is 2. The van der Waals surface area contributed by atoms with E-state index in [2.05, 4.69) is 26.2 Å². The molecule has 8 heteroatoms. The molecule has 1 N–H and O–H groups in total. The van der Waals surface area contributed by atoms with Gasteiger partial charge in [0, 0.05) is 10.7 Å². The highest BCUT2D eigenvalue weighted by Gasteiger charge is 2.21. The first-order chi connectivity index (χ1) is 9.47. The third-order valence-electron chi connectivity index (χ3n) is 2.36. The number of nitrogens with zero attached hydrogens (tertiary/aromatic N) is 2. The van der Waals surface area contributed by atoms with Gasteiger partial charge in [0.1, 0.15) is 17.2 Å². The smallest absolute Gasteiger partial charge is 0.285 e. The fourth-order valence-corrected chi connectivity index (χ4v) is 1.84. The Balaban J connectivity index is 2.32. The van der Waals surface area contributed by atoms with E-state index in [9.17, 15) is 19.3 Å². The van der Waals surface area contributed by atoms with E-state index in [1.807, 2.05) is 0 Å². The molecule has 1 heterocycles. The Labute approximate surface area is 120 Å². The molecule has 2 aromatic rings. The molecule has 0 bridgehead atoms. The Bertz CT molecular complexity index is 693. The fourth-order valence-electron chi connectivity index (χ4n) is 1.50. The lowest BCUT2D eigenvalue weighted by Gasteiger charge is -2.05. The van der Waals surface area contributed by atoms with Crippen LogP contribution in [0.3, 0.4) is 0 Å². The van der Waals surface area contributed by atoms with Gasteiger partial charge in [-0.3, -0.25) is 14.9 Å². The first-order valence-corrected chi connectivity index (χ1v) is 6.13. The third kappa shape index (κ3) is 3.15. The number of nitro benzene ring substituents is 1. The van der Waals surface area contributed by atoms with E-state index < -0.39 is 22.3 Å². The molecule has 0 aliphatic heterocycles. The highest BCUT2D eigenvalue weighted by atomic mass is 79.9. The van der Waals surface area contributed by atoms with Crippen LogP contribution in [0.4, 0.5) is 15.9 Å². The van der Waals surface area contributed by atoms with E-state index in [4.69, 9.17) is 0 Å². The van der Waals surface area contributed by atoms with E-state index >= 15 is 0 Å². The minimum Gasteiger partial charge on any atom is -0.306 e. The van der Waals surface area contributed by atoms with Crippen LogP contribution >= 0.6 is 15.9 Å². The Morgan fingerprint density at radius 3 is 2.75 bits per heavy atom. The second-order valence-corrected chi connectivity index (χ2v) is 4.65. The molecule has 20 heavy (non-hydrogen) atoms. The monoisotopic (exact) mass is 339 g/mol. The summed E-state index contributed by atoms with van der Waals surface area (Å²) in [6.07, 6.45) is 1.46. The van der Waals surface area contributed by atoms with Crippen molar-refractivity contribution in [3.8, 4) is 0 Å². The average Bonchev–Trinajstić information content (AvgIpc) is 2.38. The summed E-state index contributed by atoms with van der Waals surface area (Å²) in [6.45, 7) is 0. The molecule has 0 aliphatic rings. The standard InChI is InChI=1S/C12H7BrFN3O3/c13-7-3-4-15-11(5-7)16-12(18)9-2-1-8(14)6-10(9)17(19)20/h1-6H,(H,15,16,18). The zero-order valence-corrected chi connectivity index (χ0v) is 11.4. The van der Waals surface area contributed by atoms with Crippen LogP contribution in [-0.4, -0.2) is 15.8 Å².